The number of rotatable bonds is 1. The zero-order chi connectivity index (χ0) is 9.42. The highest BCUT2D eigenvalue weighted by Gasteiger charge is 2.17. The second-order valence-corrected chi connectivity index (χ2v) is 3.79. The average Bonchev–Trinajstić information content (AvgIpc) is 2.48. The normalized spacial score (nSPS) is 13.8. The van der Waals surface area contributed by atoms with Gasteiger partial charge in [0.25, 0.3) is 0 Å². The molecular weight excluding hydrogens is 188 g/mol. The molecule has 70 valence electrons. The molecule has 0 fully saturated rings. The van der Waals surface area contributed by atoms with Gasteiger partial charge < -0.3 is 9.47 Å². The van der Waals surface area contributed by atoms with Crippen molar-refractivity contribution in [2.45, 2.75) is 19.8 Å². The van der Waals surface area contributed by atoms with Gasteiger partial charge in [-0.15, -0.1) is 0 Å². The molecule has 0 atom stereocenters. The van der Waals surface area contributed by atoms with Crippen LogP contribution in [-0.2, 0) is 0 Å². The van der Waals surface area contributed by atoms with E-state index in [2.05, 4.69) is 13.8 Å². The Labute approximate surface area is 82.4 Å². The van der Waals surface area contributed by atoms with Gasteiger partial charge >= 0.3 is 0 Å². The summed E-state index contributed by atoms with van der Waals surface area (Å²) in [5.41, 5.74) is 1.10. The summed E-state index contributed by atoms with van der Waals surface area (Å²) in [7, 11) is 0. The molecule has 0 amide bonds. The lowest BCUT2D eigenvalue weighted by atomic mass is 10.0. The molecule has 0 unspecified atom stereocenters. The van der Waals surface area contributed by atoms with Crippen molar-refractivity contribution in [2.24, 2.45) is 0 Å². The minimum absolute atomic E-state index is 0.299. The number of hydrogen-bond acceptors (Lipinski definition) is 2. The molecule has 1 aromatic rings. The van der Waals surface area contributed by atoms with Crippen LogP contribution in [0, 0.1) is 0 Å². The number of benzene rings is 1. The van der Waals surface area contributed by atoms with Crippen LogP contribution in [0.4, 0.5) is 0 Å². The minimum Gasteiger partial charge on any atom is -0.454 e. The van der Waals surface area contributed by atoms with Crippen molar-refractivity contribution in [1.29, 1.82) is 0 Å². The summed E-state index contributed by atoms with van der Waals surface area (Å²) in [6, 6.07) is 3.77. The second kappa shape index (κ2) is 3.11. The molecule has 2 rings (SSSR count). The summed E-state index contributed by atoms with van der Waals surface area (Å²) in [6.07, 6.45) is 0. The predicted octanol–water partition coefficient (Wildman–Crippen LogP) is 3.19. The van der Waals surface area contributed by atoms with E-state index in [0.29, 0.717) is 12.7 Å². The van der Waals surface area contributed by atoms with Crippen molar-refractivity contribution < 1.29 is 9.47 Å². The van der Waals surface area contributed by atoms with Crippen LogP contribution in [0.2, 0.25) is 5.02 Å². The van der Waals surface area contributed by atoms with Crippen LogP contribution in [0.5, 0.6) is 11.5 Å². The van der Waals surface area contributed by atoms with E-state index >= 15 is 0 Å². The molecule has 1 heterocycles. The van der Waals surface area contributed by atoms with Gasteiger partial charge in [-0.25, -0.2) is 0 Å². The first kappa shape index (κ1) is 8.70. The molecule has 2 nitrogen and oxygen atoms in total. The Morgan fingerprint density at radius 1 is 1.23 bits per heavy atom. The van der Waals surface area contributed by atoms with Crippen LogP contribution in [0.15, 0.2) is 12.1 Å². The Morgan fingerprint density at radius 2 is 1.85 bits per heavy atom. The van der Waals surface area contributed by atoms with Gasteiger partial charge in [-0.2, -0.15) is 0 Å². The van der Waals surface area contributed by atoms with Crippen LogP contribution < -0.4 is 9.47 Å². The van der Waals surface area contributed by atoms with Gasteiger partial charge in [0.1, 0.15) is 0 Å². The summed E-state index contributed by atoms with van der Waals surface area (Å²) in [6.45, 7) is 4.50. The highest BCUT2D eigenvalue weighted by molar-refractivity contribution is 6.31. The number of halogens is 1. The SMILES string of the molecule is CC(C)c1cc2c(cc1Cl)OCO2. The van der Waals surface area contributed by atoms with Gasteiger partial charge in [-0.3, -0.25) is 0 Å². The lowest BCUT2D eigenvalue weighted by molar-refractivity contribution is 0.174. The smallest absolute Gasteiger partial charge is 0.231 e. The molecule has 0 aliphatic carbocycles. The fourth-order valence-corrected chi connectivity index (χ4v) is 1.75. The first-order valence-electron chi connectivity index (χ1n) is 4.27. The Hall–Kier alpha value is -0.890. The third-order valence-electron chi connectivity index (χ3n) is 2.11. The summed E-state index contributed by atoms with van der Waals surface area (Å²) < 4.78 is 10.5. The molecule has 0 bridgehead atoms. The Morgan fingerprint density at radius 3 is 2.46 bits per heavy atom. The quantitative estimate of drug-likeness (QED) is 0.690. The summed E-state index contributed by atoms with van der Waals surface area (Å²) in [4.78, 5) is 0. The zero-order valence-electron chi connectivity index (χ0n) is 7.63. The highest BCUT2D eigenvalue weighted by Crippen LogP contribution is 2.39. The van der Waals surface area contributed by atoms with E-state index in [0.717, 1.165) is 22.1 Å². The lowest BCUT2D eigenvalue weighted by Crippen LogP contribution is -1.93. The summed E-state index contributed by atoms with van der Waals surface area (Å²) >= 11 is 6.07. The Balaban J connectivity index is 2.49. The van der Waals surface area contributed by atoms with E-state index < -0.39 is 0 Å². The molecule has 1 aliphatic heterocycles. The first-order chi connectivity index (χ1) is 6.18. The fraction of sp³-hybridized carbons (Fsp3) is 0.400. The monoisotopic (exact) mass is 198 g/mol. The maximum absolute atomic E-state index is 6.07. The minimum atomic E-state index is 0.299. The van der Waals surface area contributed by atoms with E-state index in [1.807, 2.05) is 12.1 Å². The van der Waals surface area contributed by atoms with Crippen molar-refractivity contribution >= 4 is 11.6 Å². The van der Waals surface area contributed by atoms with Crippen molar-refractivity contribution in [1.82, 2.24) is 0 Å². The van der Waals surface area contributed by atoms with Crippen LogP contribution >= 0.6 is 11.6 Å². The third kappa shape index (κ3) is 1.46. The second-order valence-electron chi connectivity index (χ2n) is 3.38. The maximum Gasteiger partial charge on any atom is 0.231 e. The van der Waals surface area contributed by atoms with Crippen LogP contribution in [0.25, 0.3) is 0 Å². The highest BCUT2D eigenvalue weighted by atomic mass is 35.5. The van der Waals surface area contributed by atoms with Crippen molar-refractivity contribution in [3.05, 3.63) is 22.7 Å². The van der Waals surface area contributed by atoms with Crippen molar-refractivity contribution in [3.8, 4) is 11.5 Å². The number of hydrogen-bond donors (Lipinski definition) is 0. The van der Waals surface area contributed by atoms with E-state index in [9.17, 15) is 0 Å². The van der Waals surface area contributed by atoms with Gasteiger partial charge in [0.15, 0.2) is 11.5 Å². The van der Waals surface area contributed by atoms with Gasteiger partial charge in [-0.05, 0) is 17.5 Å². The topological polar surface area (TPSA) is 18.5 Å². The van der Waals surface area contributed by atoms with Crippen molar-refractivity contribution in [3.63, 3.8) is 0 Å². The molecule has 0 radical (unpaired) electrons. The molecule has 3 heteroatoms. The molecule has 0 saturated heterocycles. The van der Waals surface area contributed by atoms with Crippen LogP contribution in [0.3, 0.4) is 0 Å². The first-order valence-corrected chi connectivity index (χ1v) is 4.65. The molecule has 0 saturated carbocycles. The molecule has 1 aromatic carbocycles. The zero-order valence-corrected chi connectivity index (χ0v) is 8.39. The molecule has 0 aromatic heterocycles. The van der Waals surface area contributed by atoms with Crippen molar-refractivity contribution in [2.75, 3.05) is 6.79 Å². The summed E-state index contributed by atoms with van der Waals surface area (Å²) in [5, 5.41) is 0.749. The maximum atomic E-state index is 6.07. The predicted molar refractivity (Wildman–Crippen MR) is 51.7 cm³/mol. The molecular formula is C10H11ClO2. The molecule has 13 heavy (non-hydrogen) atoms. The van der Waals surface area contributed by atoms with E-state index in [1.54, 1.807) is 0 Å². The Bertz CT molecular complexity index is 334. The van der Waals surface area contributed by atoms with Gasteiger partial charge in [0.2, 0.25) is 6.79 Å². The number of fused-ring (bicyclic) bond motifs is 1. The lowest BCUT2D eigenvalue weighted by Gasteiger charge is -2.08. The van der Waals surface area contributed by atoms with Crippen LogP contribution in [-0.4, -0.2) is 6.79 Å². The third-order valence-corrected chi connectivity index (χ3v) is 2.44. The molecule has 1 aliphatic rings. The summed E-state index contributed by atoms with van der Waals surface area (Å²) in [5.74, 6) is 1.95. The van der Waals surface area contributed by atoms with E-state index in [4.69, 9.17) is 21.1 Å². The van der Waals surface area contributed by atoms with Gasteiger partial charge in [0.05, 0.1) is 0 Å². The molecule has 0 N–H and O–H groups in total. The number of ether oxygens (including phenoxy) is 2. The molecule has 0 spiro atoms. The van der Waals surface area contributed by atoms with Gasteiger partial charge in [-0.1, -0.05) is 25.4 Å². The fourth-order valence-electron chi connectivity index (χ4n) is 1.38. The largest absolute Gasteiger partial charge is 0.454 e. The van der Waals surface area contributed by atoms with E-state index in [-0.39, 0.29) is 0 Å². The van der Waals surface area contributed by atoms with Crippen LogP contribution in [0.1, 0.15) is 25.3 Å². The average molecular weight is 199 g/mol. The van der Waals surface area contributed by atoms with Gasteiger partial charge in [0, 0.05) is 11.1 Å². The van der Waals surface area contributed by atoms with E-state index in [1.165, 1.54) is 0 Å². The Kier molecular flexibility index (Phi) is 2.08. The standard InChI is InChI=1S/C10H11ClO2/c1-6(2)7-3-9-10(4-8(7)11)13-5-12-9/h3-4,6H,5H2,1-2H3.